The van der Waals surface area contributed by atoms with Crippen LogP contribution in [-0.4, -0.2) is 37.0 Å². The van der Waals surface area contributed by atoms with Crippen molar-refractivity contribution >= 4 is 36.4 Å². The van der Waals surface area contributed by atoms with E-state index in [4.69, 9.17) is 5.73 Å². The first-order valence-electron chi connectivity index (χ1n) is 7.51. The Bertz CT molecular complexity index is 449. The van der Waals surface area contributed by atoms with Gasteiger partial charge in [0.05, 0.1) is 0 Å². The standard InChI is InChI=1S/C16H25N3O.2ClH/c1-13-6-10-19(11-7-13)9-3-8-18-16(20)14-4-2-5-15(17)12-14;;/h2,4-5,12-13H,3,6-11,17H2,1H3,(H,18,20);2*1H. The molecule has 6 heteroatoms. The van der Waals surface area contributed by atoms with Gasteiger partial charge in [-0.2, -0.15) is 0 Å². The quantitative estimate of drug-likeness (QED) is 0.635. The lowest BCUT2D eigenvalue weighted by atomic mass is 9.99. The number of nitrogens with two attached hydrogens (primary N) is 1. The van der Waals surface area contributed by atoms with Crippen LogP contribution in [0.15, 0.2) is 24.3 Å². The topological polar surface area (TPSA) is 58.4 Å². The number of hydrogen-bond donors (Lipinski definition) is 2. The van der Waals surface area contributed by atoms with E-state index in [1.165, 1.54) is 25.9 Å². The summed E-state index contributed by atoms with van der Waals surface area (Å²) >= 11 is 0. The summed E-state index contributed by atoms with van der Waals surface area (Å²) < 4.78 is 0. The number of nitrogen functional groups attached to an aromatic ring is 1. The van der Waals surface area contributed by atoms with Crippen LogP contribution in [0, 0.1) is 5.92 Å². The van der Waals surface area contributed by atoms with Gasteiger partial charge in [0.1, 0.15) is 0 Å². The number of carbonyl (C=O) groups excluding carboxylic acids is 1. The maximum atomic E-state index is 11.9. The van der Waals surface area contributed by atoms with Crippen LogP contribution in [0.4, 0.5) is 5.69 Å². The van der Waals surface area contributed by atoms with Crippen LogP contribution < -0.4 is 11.1 Å². The molecule has 1 heterocycles. The van der Waals surface area contributed by atoms with E-state index in [1.807, 2.05) is 0 Å². The highest BCUT2D eigenvalue weighted by atomic mass is 35.5. The van der Waals surface area contributed by atoms with Crippen molar-refractivity contribution in [2.75, 3.05) is 31.9 Å². The SMILES string of the molecule is CC1CCN(CCCNC(=O)c2cccc(N)c2)CC1.Cl.Cl. The largest absolute Gasteiger partial charge is 0.399 e. The summed E-state index contributed by atoms with van der Waals surface area (Å²) in [6.45, 7) is 6.52. The van der Waals surface area contributed by atoms with Crippen LogP contribution in [-0.2, 0) is 0 Å². The number of halogens is 2. The third-order valence-corrected chi connectivity index (χ3v) is 3.96. The monoisotopic (exact) mass is 347 g/mol. The van der Waals surface area contributed by atoms with E-state index in [-0.39, 0.29) is 30.7 Å². The highest BCUT2D eigenvalue weighted by Crippen LogP contribution is 2.15. The van der Waals surface area contributed by atoms with E-state index in [0.717, 1.165) is 25.4 Å². The first-order valence-corrected chi connectivity index (χ1v) is 7.51. The molecule has 1 aliphatic rings. The van der Waals surface area contributed by atoms with Gasteiger partial charge >= 0.3 is 0 Å². The Morgan fingerprint density at radius 3 is 2.64 bits per heavy atom. The smallest absolute Gasteiger partial charge is 0.251 e. The number of amides is 1. The second-order valence-electron chi connectivity index (χ2n) is 5.76. The fourth-order valence-corrected chi connectivity index (χ4v) is 2.57. The fraction of sp³-hybridized carbons (Fsp3) is 0.562. The number of benzene rings is 1. The molecule has 4 nitrogen and oxygen atoms in total. The maximum absolute atomic E-state index is 11.9. The molecule has 1 aliphatic heterocycles. The lowest BCUT2D eigenvalue weighted by molar-refractivity contribution is 0.0950. The van der Waals surface area contributed by atoms with Gasteiger partial charge in [-0.1, -0.05) is 13.0 Å². The average Bonchev–Trinajstić information content (AvgIpc) is 2.45. The van der Waals surface area contributed by atoms with Crippen LogP contribution in [0.5, 0.6) is 0 Å². The Hall–Kier alpha value is -0.970. The highest BCUT2D eigenvalue weighted by molar-refractivity contribution is 5.94. The molecule has 0 unspecified atom stereocenters. The van der Waals surface area contributed by atoms with Gasteiger partial charge in [-0.3, -0.25) is 4.79 Å². The first-order chi connectivity index (χ1) is 9.65. The van der Waals surface area contributed by atoms with Crippen molar-refractivity contribution in [3.05, 3.63) is 29.8 Å². The average molecular weight is 348 g/mol. The molecule has 1 aromatic carbocycles. The molecule has 2 rings (SSSR count). The molecule has 1 amide bonds. The van der Waals surface area contributed by atoms with Crippen LogP contribution in [0.3, 0.4) is 0 Å². The summed E-state index contributed by atoms with van der Waals surface area (Å²) in [5.74, 6) is 0.832. The molecular formula is C16H27Cl2N3O. The molecule has 0 aliphatic carbocycles. The van der Waals surface area contributed by atoms with Gasteiger partial charge in [-0.05, 0) is 63.0 Å². The van der Waals surface area contributed by atoms with Crippen LogP contribution in [0.1, 0.15) is 36.5 Å². The van der Waals surface area contributed by atoms with Gasteiger partial charge < -0.3 is 16.0 Å². The molecule has 1 aromatic rings. The zero-order valence-electron chi connectivity index (χ0n) is 13.1. The zero-order chi connectivity index (χ0) is 14.4. The Kier molecular flexibility index (Phi) is 10.2. The maximum Gasteiger partial charge on any atom is 0.251 e. The normalized spacial score (nSPS) is 15.5. The molecule has 0 atom stereocenters. The summed E-state index contributed by atoms with van der Waals surface area (Å²) in [7, 11) is 0. The number of piperidine rings is 1. The predicted molar refractivity (Wildman–Crippen MR) is 97.1 cm³/mol. The minimum Gasteiger partial charge on any atom is -0.399 e. The van der Waals surface area contributed by atoms with Gasteiger partial charge in [-0.15, -0.1) is 24.8 Å². The highest BCUT2D eigenvalue weighted by Gasteiger charge is 2.14. The molecule has 0 spiro atoms. The van der Waals surface area contributed by atoms with Gasteiger partial charge in [-0.25, -0.2) is 0 Å². The Labute approximate surface area is 145 Å². The number of rotatable bonds is 5. The molecule has 0 bridgehead atoms. The summed E-state index contributed by atoms with van der Waals surface area (Å²) in [5.41, 5.74) is 6.93. The van der Waals surface area contributed by atoms with Crippen LogP contribution in [0.2, 0.25) is 0 Å². The third kappa shape index (κ3) is 6.86. The van der Waals surface area contributed by atoms with E-state index in [1.54, 1.807) is 24.3 Å². The number of nitrogens with zero attached hydrogens (tertiary/aromatic N) is 1. The summed E-state index contributed by atoms with van der Waals surface area (Å²) in [4.78, 5) is 14.4. The van der Waals surface area contributed by atoms with Crippen molar-refractivity contribution in [1.29, 1.82) is 0 Å². The zero-order valence-corrected chi connectivity index (χ0v) is 14.7. The van der Waals surface area contributed by atoms with Gasteiger partial charge in [0.25, 0.3) is 5.91 Å². The second kappa shape index (κ2) is 10.7. The van der Waals surface area contributed by atoms with E-state index in [0.29, 0.717) is 11.3 Å². The van der Waals surface area contributed by atoms with Crippen molar-refractivity contribution in [2.45, 2.75) is 26.2 Å². The van der Waals surface area contributed by atoms with Gasteiger partial charge in [0.15, 0.2) is 0 Å². The second-order valence-corrected chi connectivity index (χ2v) is 5.76. The van der Waals surface area contributed by atoms with Crippen molar-refractivity contribution in [3.63, 3.8) is 0 Å². The molecule has 126 valence electrons. The molecule has 0 radical (unpaired) electrons. The summed E-state index contributed by atoms with van der Waals surface area (Å²) in [6.07, 6.45) is 3.60. The molecule has 22 heavy (non-hydrogen) atoms. The third-order valence-electron chi connectivity index (χ3n) is 3.96. The lowest BCUT2D eigenvalue weighted by Crippen LogP contribution is -2.35. The van der Waals surface area contributed by atoms with Gasteiger partial charge in [0, 0.05) is 17.8 Å². The number of nitrogens with one attached hydrogen (secondary N) is 1. The molecule has 0 aromatic heterocycles. The lowest BCUT2D eigenvalue weighted by Gasteiger charge is -2.30. The van der Waals surface area contributed by atoms with E-state index < -0.39 is 0 Å². The van der Waals surface area contributed by atoms with Crippen LogP contribution in [0.25, 0.3) is 0 Å². The Morgan fingerprint density at radius 1 is 1.32 bits per heavy atom. The first kappa shape index (κ1) is 21.0. The molecule has 1 fully saturated rings. The number of hydrogen-bond acceptors (Lipinski definition) is 3. The molecular weight excluding hydrogens is 321 g/mol. The van der Waals surface area contributed by atoms with Crippen molar-refractivity contribution in [1.82, 2.24) is 10.2 Å². The summed E-state index contributed by atoms with van der Waals surface area (Å²) in [6, 6.07) is 7.09. The molecule has 1 saturated heterocycles. The minimum absolute atomic E-state index is 0. The van der Waals surface area contributed by atoms with Crippen LogP contribution >= 0.6 is 24.8 Å². The number of likely N-dealkylation sites (tertiary alicyclic amines) is 1. The van der Waals surface area contributed by atoms with E-state index in [2.05, 4.69) is 17.1 Å². The fourth-order valence-electron chi connectivity index (χ4n) is 2.57. The predicted octanol–water partition coefficient (Wildman–Crippen LogP) is 2.96. The van der Waals surface area contributed by atoms with Crippen molar-refractivity contribution in [2.24, 2.45) is 5.92 Å². The van der Waals surface area contributed by atoms with Crippen molar-refractivity contribution in [3.8, 4) is 0 Å². The van der Waals surface area contributed by atoms with E-state index >= 15 is 0 Å². The van der Waals surface area contributed by atoms with Crippen molar-refractivity contribution < 1.29 is 4.79 Å². The number of anilines is 1. The van der Waals surface area contributed by atoms with Gasteiger partial charge in [0.2, 0.25) is 0 Å². The number of carbonyl (C=O) groups is 1. The van der Waals surface area contributed by atoms with E-state index in [9.17, 15) is 4.79 Å². The molecule has 0 saturated carbocycles. The minimum atomic E-state index is -0.0374. The molecule has 3 N–H and O–H groups in total. The Morgan fingerprint density at radius 2 is 2.00 bits per heavy atom. The Balaban J connectivity index is 0.00000220. The summed E-state index contributed by atoms with van der Waals surface area (Å²) in [5, 5.41) is 2.95.